The topological polar surface area (TPSA) is 150 Å². The largest absolute Gasteiger partial charge is 0.353 e. The molecule has 11 nitrogen and oxygen atoms in total. The van der Waals surface area contributed by atoms with Gasteiger partial charge in [-0.2, -0.15) is 10.4 Å². The number of nitrogens with zero attached hydrogens (tertiary/aromatic N) is 6. The molecule has 1 amide bonds. The number of nitrogens with one attached hydrogen (secondary N) is 1. The highest BCUT2D eigenvalue weighted by Crippen LogP contribution is 2.34. The molecule has 2 aliphatic rings. The number of aryl methyl sites for hydroxylation is 1. The molecular formula is C25H29ClN8O3S. The Bertz CT molecular complexity index is 1550. The lowest BCUT2D eigenvalue weighted by molar-refractivity contribution is 0.0607. The van der Waals surface area contributed by atoms with Crippen LogP contribution in [0.2, 0.25) is 5.02 Å². The monoisotopic (exact) mass is 556 g/mol. The van der Waals surface area contributed by atoms with E-state index in [2.05, 4.69) is 10.8 Å². The Hall–Kier alpha value is -3.40. The van der Waals surface area contributed by atoms with E-state index >= 15 is 0 Å². The van der Waals surface area contributed by atoms with Gasteiger partial charge in [-0.15, -0.1) is 0 Å². The number of anilines is 2. The number of benzene rings is 1. The van der Waals surface area contributed by atoms with E-state index in [1.807, 2.05) is 24.1 Å². The van der Waals surface area contributed by atoms with Crippen LogP contribution >= 0.6 is 11.6 Å². The second-order valence-electron chi connectivity index (χ2n) is 10.00. The molecule has 0 radical (unpaired) electrons. The first kappa shape index (κ1) is 26.2. The predicted octanol–water partition coefficient (Wildman–Crippen LogP) is 2.72. The van der Waals surface area contributed by atoms with Gasteiger partial charge in [0.05, 0.1) is 41.2 Å². The summed E-state index contributed by atoms with van der Waals surface area (Å²) in [6, 6.07) is 8.13. The van der Waals surface area contributed by atoms with E-state index in [1.54, 1.807) is 15.5 Å². The Morgan fingerprint density at radius 2 is 2.05 bits per heavy atom. The number of rotatable bonds is 5. The highest BCUT2D eigenvalue weighted by Gasteiger charge is 2.34. The number of hydrogen-bond acceptors (Lipinski definition) is 8. The van der Waals surface area contributed by atoms with Gasteiger partial charge in [-0.25, -0.2) is 17.9 Å². The molecule has 2 saturated heterocycles. The molecule has 2 aliphatic heterocycles. The molecule has 200 valence electrons. The second-order valence-corrected chi connectivity index (χ2v) is 12.2. The number of sulfonamides is 1. The molecule has 0 unspecified atom stereocenters. The van der Waals surface area contributed by atoms with E-state index in [-0.39, 0.29) is 35.2 Å². The first-order valence-corrected chi connectivity index (χ1v) is 14.7. The third kappa shape index (κ3) is 5.14. The van der Waals surface area contributed by atoms with E-state index in [9.17, 15) is 18.5 Å². The summed E-state index contributed by atoms with van der Waals surface area (Å²) >= 11 is 6.19. The van der Waals surface area contributed by atoms with Crippen molar-refractivity contribution in [1.29, 1.82) is 5.26 Å². The second kappa shape index (κ2) is 10.1. The lowest BCUT2D eigenvalue weighted by Gasteiger charge is -2.35. The fourth-order valence-corrected chi connectivity index (χ4v) is 6.01. The first-order valence-electron chi connectivity index (χ1n) is 12.4. The normalized spacial score (nSPS) is 22.0. The van der Waals surface area contributed by atoms with Crippen LogP contribution in [-0.4, -0.2) is 65.8 Å². The standard InChI is InChI=1S/C25H29ClN8O3S/c1-15-12-34-23(29-24(15)32-13-16(11-27)19(28)14-32)10-21(30-34)22-5-3-4-8-33(22)25(35)18-9-17(26)6-7-20(18)31-38(2,36)37/h6-7,9-10,12,16,19,22,31H,3-5,8,13-14,28H2,1-2H3/t16-,19+,22-/m0/s1. The molecule has 0 aliphatic carbocycles. The zero-order chi connectivity index (χ0) is 27.2. The van der Waals surface area contributed by atoms with Crippen LogP contribution in [0.15, 0.2) is 30.5 Å². The summed E-state index contributed by atoms with van der Waals surface area (Å²) in [6.45, 7) is 3.52. The summed E-state index contributed by atoms with van der Waals surface area (Å²) in [7, 11) is -3.60. The van der Waals surface area contributed by atoms with Crippen LogP contribution in [-0.2, 0) is 10.0 Å². The van der Waals surface area contributed by atoms with E-state index in [0.29, 0.717) is 42.4 Å². The average Bonchev–Trinajstić information content (AvgIpc) is 3.45. The van der Waals surface area contributed by atoms with Gasteiger partial charge in [-0.05, 0) is 44.4 Å². The number of halogens is 1. The molecule has 2 aromatic heterocycles. The van der Waals surface area contributed by atoms with Crippen molar-refractivity contribution in [2.45, 2.75) is 38.3 Å². The Kier molecular flexibility index (Phi) is 6.94. The summed E-state index contributed by atoms with van der Waals surface area (Å²) < 4.78 is 28.0. The van der Waals surface area contributed by atoms with Gasteiger partial charge in [0.25, 0.3) is 5.91 Å². The van der Waals surface area contributed by atoms with Crippen molar-refractivity contribution >= 4 is 44.7 Å². The number of amides is 1. The molecule has 1 aromatic carbocycles. The summed E-state index contributed by atoms with van der Waals surface area (Å²) in [4.78, 5) is 22.4. The Morgan fingerprint density at radius 3 is 2.76 bits per heavy atom. The molecule has 0 saturated carbocycles. The van der Waals surface area contributed by atoms with Gasteiger partial charge in [-0.1, -0.05) is 11.6 Å². The number of hydrogen-bond donors (Lipinski definition) is 2. The van der Waals surface area contributed by atoms with Gasteiger partial charge in [0.2, 0.25) is 10.0 Å². The predicted molar refractivity (Wildman–Crippen MR) is 145 cm³/mol. The number of fused-ring (bicyclic) bond motifs is 1. The van der Waals surface area contributed by atoms with Crippen molar-refractivity contribution in [1.82, 2.24) is 19.5 Å². The Labute approximate surface area is 226 Å². The minimum atomic E-state index is -3.60. The maximum Gasteiger partial charge on any atom is 0.256 e. The SMILES string of the molecule is Cc1cn2nc([C@@H]3CCCCN3C(=O)c3cc(Cl)ccc3NS(C)(=O)=O)cc2nc1N1C[C@@H](N)[C@@H](C#N)C1. The Balaban J connectivity index is 1.48. The van der Waals surface area contributed by atoms with Gasteiger partial charge in [0.1, 0.15) is 5.82 Å². The average molecular weight is 557 g/mol. The molecular weight excluding hydrogens is 528 g/mol. The van der Waals surface area contributed by atoms with Gasteiger partial charge in [0, 0.05) is 48.5 Å². The fraction of sp³-hybridized carbons (Fsp3) is 0.440. The van der Waals surface area contributed by atoms with Gasteiger partial charge >= 0.3 is 0 Å². The lowest BCUT2D eigenvalue weighted by Crippen LogP contribution is -2.39. The van der Waals surface area contributed by atoms with Crippen molar-refractivity contribution in [3.8, 4) is 6.07 Å². The molecule has 0 bridgehead atoms. The number of carbonyl (C=O) groups is 1. The van der Waals surface area contributed by atoms with Crippen molar-refractivity contribution in [3.63, 3.8) is 0 Å². The van der Waals surface area contributed by atoms with Crippen LogP contribution in [0.1, 0.15) is 46.9 Å². The number of nitrogens with two attached hydrogens (primary N) is 1. The van der Waals surface area contributed by atoms with Gasteiger partial charge in [-0.3, -0.25) is 9.52 Å². The molecule has 2 fully saturated rings. The van der Waals surface area contributed by atoms with Crippen molar-refractivity contribution in [2.24, 2.45) is 11.7 Å². The van der Waals surface area contributed by atoms with Crippen LogP contribution in [0.3, 0.4) is 0 Å². The van der Waals surface area contributed by atoms with E-state index in [4.69, 9.17) is 27.4 Å². The minimum Gasteiger partial charge on any atom is -0.353 e. The molecule has 3 aromatic rings. The fourth-order valence-electron chi connectivity index (χ4n) is 5.26. The summed E-state index contributed by atoms with van der Waals surface area (Å²) in [5.41, 5.74) is 8.75. The molecule has 0 spiro atoms. The lowest BCUT2D eigenvalue weighted by atomic mass is 9.98. The maximum absolute atomic E-state index is 13.8. The van der Waals surface area contributed by atoms with E-state index < -0.39 is 10.0 Å². The summed E-state index contributed by atoms with van der Waals surface area (Å²) in [6.07, 6.45) is 5.39. The zero-order valence-corrected chi connectivity index (χ0v) is 22.7. The zero-order valence-electron chi connectivity index (χ0n) is 21.1. The molecule has 3 N–H and O–H groups in total. The van der Waals surface area contributed by atoms with E-state index in [1.165, 1.54) is 12.1 Å². The molecule has 3 atom stereocenters. The van der Waals surface area contributed by atoms with Crippen LogP contribution in [0.25, 0.3) is 5.65 Å². The number of aromatic nitrogens is 3. The molecule has 5 rings (SSSR count). The van der Waals surface area contributed by atoms with Crippen molar-refractivity contribution in [3.05, 3.63) is 52.3 Å². The van der Waals surface area contributed by atoms with Crippen LogP contribution in [0.4, 0.5) is 11.5 Å². The smallest absolute Gasteiger partial charge is 0.256 e. The molecule has 4 heterocycles. The van der Waals surface area contributed by atoms with Gasteiger partial charge < -0.3 is 15.5 Å². The Morgan fingerprint density at radius 1 is 1.26 bits per heavy atom. The minimum absolute atomic E-state index is 0.183. The summed E-state index contributed by atoms with van der Waals surface area (Å²) in [5, 5.41) is 14.5. The number of piperidine rings is 1. The van der Waals surface area contributed by atoms with Crippen molar-refractivity contribution < 1.29 is 13.2 Å². The molecule has 38 heavy (non-hydrogen) atoms. The third-order valence-corrected chi connectivity index (χ3v) is 7.89. The first-order chi connectivity index (χ1) is 18.0. The van der Waals surface area contributed by atoms with E-state index in [0.717, 1.165) is 30.5 Å². The van der Waals surface area contributed by atoms with Crippen LogP contribution in [0, 0.1) is 24.2 Å². The maximum atomic E-state index is 13.8. The number of carbonyl (C=O) groups excluding carboxylic acids is 1. The molecule has 13 heteroatoms. The van der Waals surface area contributed by atoms with Crippen LogP contribution < -0.4 is 15.4 Å². The summed E-state index contributed by atoms with van der Waals surface area (Å²) in [5.74, 6) is 0.200. The van der Waals surface area contributed by atoms with Crippen LogP contribution in [0.5, 0.6) is 0 Å². The number of nitriles is 1. The highest BCUT2D eigenvalue weighted by atomic mass is 35.5. The third-order valence-electron chi connectivity index (χ3n) is 7.07. The van der Waals surface area contributed by atoms with Gasteiger partial charge in [0.15, 0.2) is 5.65 Å². The van der Waals surface area contributed by atoms with Crippen molar-refractivity contribution in [2.75, 3.05) is 35.5 Å². The number of likely N-dealkylation sites (tertiary alicyclic amines) is 1. The highest BCUT2D eigenvalue weighted by molar-refractivity contribution is 7.92. The quantitative estimate of drug-likeness (QED) is 0.487.